The van der Waals surface area contributed by atoms with Crippen molar-refractivity contribution in [3.8, 4) is 0 Å². The molecule has 0 spiro atoms. The molecule has 3 nitrogen and oxygen atoms in total. The summed E-state index contributed by atoms with van der Waals surface area (Å²) in [6.45, 7) is 7.76. The van der Waals surface area contributed by atoms with Crippen LogP contribution in [0, 0.1) is 6.92 Å². The molecule has 104 valence electrons. The summed E-state index contributed by atoms with van der Waals surface area (Å²) in [7, 11) is 0. The molecule has 4 heteroatoms. The monoisotopic (exact) mass is 280 g/mol. The molecule has 1 aromatic heterocycles. The Labute approximate surface area is 119 Å². The van der Waals surface area contributed by atoms with E-state index in [-0.39, 0.29) is 6.10 Å². The van der Waals surface area contributed by atoms with Crippen LogP contribution in [0.4, 0.5) is 0 Å². The zero-order valence-electron chi connectivity index (χ0n) is 11.8. The highest BCUT2D eigenvalue weighted by molar-refractivity contribution is 6.17. The maximum Gasteiger partial charge on any atom is 0.111 e. The zero-order valence-corrected chi connectivity index (χ0v) is 12.6. The predicted octanol–water partition coefficient (Wildman–Crippen LogP) is 3.55. The average molecular weight is 281 g/mol. The highest BCUT2D eigenvalue weighted by Crippen LogP contribution is 2.21. The standard InChI is InChI=1S/C15H21ClN2O/c1-4-19-12(3)10-18-13-7-5-6-11(2)15(13)17-14(18)8-9-16/h5-7,12H,4,8-10H2,1-3H3. The SMILES string of the molecule is CCOC(C)Cn1c(CCCl)nc2c(C)cccc21. The molecule has 0 amide bonds. The van der Waals surface area contributed by atoms with Gasteiger partial charge in [0, 0.05) is 18.9 Å². The molecule has 0 N–H and O–H groups in total. The molecule has 2 aromatic rings. The van der Waals surface area contributed by atoms with Crippen LogP contribution >= 0.6 is 11.6 Å². The number of fused-ring (bicyclic) bond motifs is 1. The molecule has 1 atom stereocenters. The molecule has 1 heterocycles. The molecule has 1 unspecified atom stereocenters. The van der Waals surface area contributed by atoms with Crippen LogP contribution in [0.25, 0.3) is 11.0 Å². The number of benzene rings is 1. The summed E-state index contributed by atoms with van der Waals surface area (Å²) in [6.07, 6.45) is 0.964. The van der Waals surface area contributed by atoms with Crippen LogP contribution in [-0.2, 0) is 17.7 Å². The van der Waals surface area contributed by atoms with Crippen molar-refractivity contribution in [1.82, 2.24) is 9.55 Å². The van der Waals surface area contributed by atoms with Crippen molar-refractivity contribution in [3.63, 3.8) is 0 Å². The Balaban J connectivity index is 2.43. The number of imidazole rings is 1. The Bertz CT molecular complexity index is 550. The Hall–Kier alpha value is -1.06. The van der Waals surface area contributed by atoms with E-state index in [1.54, 1.807) is 0 Å². The van der Waals surface area contributed by atoms with Crippen LogP contribution < -0.4 is 0 Å². The van der Waals surface area contributed by atoms with Crippen LogP contribution in [0.3, 0.4) is 0 Å². The highest BCUT2D eigenvalue weighted by atomic mass is 35.5. The molecule has 0 fully saturated rings. The third kappa shape index (κ3) is 3.10. The van der Waals surface area contributed by atoms with Crippen molar-refractivity contribution in [2.45, 2.75) is 39.8 Å². The number of hydrogen-bond acceptors (Lipinski definition) is 2. The average Bonchev–Trinajstić information content (AvgIpc) is 2.71. The summed E-state index contributed by atoms with van der Waals surface area (Å²) in [6, 6.07) is 6.29. The third-order valence-corrected chi connectivity index (χ3v) is 3.46. The van der Waals surface area contributed by atoms with Crippen molar-refractivity contribution in [2.75, 3.05) is 12.5 Å². The number of aromatic nitrogens is 2. The smallest absolute Gasteiger partial charge is 0.111 e. The Kier molecular flexibility index (Phi) is 4.83. The number of hydrogen-bond donors (Lipinski definition) is 0. The third-order valence-electron chi connectivity index (χ3n) is 3.27. The van der Waals surface area contributed by atoms with Crippen molar-refractivity contribution in [3.05, 3.63) is 29.6 Å². The molecule has 0 saturated heterocycles. The topological polar surface area (TPSA) is 27.1 Å². The molecule has 0 radical (unpaired) electrons. The van der Waals surface area contributed by atoms with E-state index >= 15 is 0 Å². The first-order valence-electron chi connectivity index (χ1n) is 6.79. The van der Waals surface area contributed by atoms with Crippen molar-refractivity contribution < 1.29 is 4.74 Å². The summed E-state index contributed by atoms with van der Waals surface area (Å²) in [5.41, 5.74) is 3.45. The molecule has 0 aliphatic heterocycles. The molecular formula is C15H21ClN2O. The van der Waals surface area contributed by atoms with E-state index < -0.39 is 0 Å². The molecule has 0 aliphatic rings. The first-order chi connectivity index (χ1) is 9.17. The van der Waals surface area contributed by atoms with Gasteiger partial charge in [0.25, 0.3) is 0 Å². The minimum atomic E-state index is 0.178. The number of ether oxygens (including phenoxy) is 1. The maximum atomic E-state index is 5.89. The number of para-hydroxylation sites is 1. The van der Waals surface area contributed by atoms with Crippen LogP contribution in [0.2, 0.25) is 0 Å². The number of nitrogens with zero attached hydrogens (tertiary/aromatic N) is 2. The van der Waals surface area contributed by atoms with Gasteiger partial charge in [0.05, 0.1) is 23.7 Å². The molecule has 2 rings (SSSR count). The second-order valence-electron chi connectivity index (χ2n) is 4.79. The van der Waals surface area contributed by atoms with Gasteiger partial charge in [-0.05, 0) is 32.4 Å². The molecule has 1 aromatic carbocycles. The Morgan fingerprint density at radius 3 is 2.89 bits per heavy atom. The number of halogens is 1. The van der Waals surface area contributed by atoms with Gasteiger partial charge >= 0.3 is 0 Å². The lowest BCUT2D eigenvalue weighted by atomic mass is 10.2. The van der Waals surface area contributed by atoms with Gasteiger partial charge < -0.3 is 9.30 Å². The first kappa shape index (κ1) is 14.4. The summed E-state index contributed by atoms with van der Waals surface area (Å²) in [5.74, 6) is 1.64. The molecule has 0 saturated carbocycles. The van der Waals surface area contributed by atoms with E-state index in [0.29, 0.717) is 5.88 Å². The fraction of sp³-hybridized carbons (Fsp3) is 0.533. The number of rotatable bonds is 6. The fourth-order valence-electron chi connectivity index (χ4n) is 2.41. The van der Waals surface area contributed by atoms with Gasteiger partial charge in [-0.25, -0.2) is 4.98 Å². The predicted molar refractivity (Wildman–Crippen MR) is 80.0 cm³/mol. The lowest BCUT2D eigenvalue weighted by molar-refractivity contribution is 0.0643. The highest BCUT2D eigenvalue weighted by Gasteiger charge is 2.14. The van der Waals surface area contributed by atoms with E-state index in [1.165, 1.54) is 11.1 Å². The first-order valence-corrected chi connectivity index (χ1v) is 7.33. The van der Waals surface area contributed by atoms with Crippen LogP contribution in [-0.4, -0.2) is 28.1 Å². The molecular weight excluding hydrogens is 260 g/mol. The van der Waals surface area contributed by atoms with Gasteiger partial charge in [-0.1, -0.05) is 12.1 Å². The van der Waals surface area contributed by atoms with Gasteiger partial charge in [-0.15, -0.1) is 11.6 Å². The van der Waals surface area contributed by atoms with E-state index in [9.17, 15) is 0 Å². The van der Waals surface area contributed by atoms with Gasteiger partial charge in [0.2, 0.25) is 0 Å². The quantitative estimate of drug-likeness (QED) is 0.757. The van der Waals surface area contributed by atoms with Gasteiger partial charge in [-0.3, -0.25) is 0 Å². The summed E-state index contributed by atoms with van der Waals surface area (Å²) < 4.78 is 7.89. The second kappa shape index (κ2) is 6.40. The normalized spacial score (nSPS) is 13.1. The molecule has 0 aliphatic carbocycles. The van der Waals surface area contributed by atoms with E-state index in [0.717, 1.165) is 30.9 Å². The number of aryl methyl sites for hydroxylation is 2. The second-order valence-corrected chi connectivity index (χ2v) is 5.16. The van der Waals surface area contributed by atoms with E-state index in [1.807, 2.05) is 6.92 Å². The lowest BCUT2D eigenvalue weighted by Crippen LogP contribution is -2.18. The summed E-state index contributed by atoms with van der Waals surface area (Å²) in [5, 5.41) is 0. The maximum absolute atomic E-state index is 5.89. The van der Waals surface area contributed by atoms with Gasteiger partial charge in [0.1, 0.15) is 5.82 Å². The van der Waals surface area contributed by atoms with Crippen LogP contribution in [0.1, 0.15) is 25.2 Å². The Morgan fingerprint density at radius 1 is 1.42 bits per heavy atom. The van der Waals surface area contributed by atoms with Crippen molar-refractivity contribution in [1.29, 1.82) is 0 Å². The largest absolute Gasteiger partial charge is 0.377 e. The van der Waals surface area contributed by atoms with Crippen LogP contribution in [0.5, 0.6) is 0 Å². The minimum Gasteiger partial charge on any atom is -0.377 e. The molecule has 0 bridgehead atoms. The van der Waals surface area contributed by atoms with Crippen molar-refractivity contribution in [2.24, 2.45) is 0 Å². The molecule has 19 heavy (non-hydrogen) atoms. The Morgan fingerprint density at radius 2 is 2.21 bits per heavy atom. The lowest BCUT2D eigenvalue weighted by Gasteiger charge is -2.15. The zero-order chi connectivity index (χ0) is 13.8. The van der Waals surface area contributed by atoms with E-state index in [2.05, 4.69) is 36.6 Å². The fourth-order valence-corrected chi connectivity index (χ4v) is 2.58. The minimum absolute atomic E-state index is 0.178. The summed E-state index contributed by atoms with van der Waals surface area (Å²) in [4.78, 5) is 4.74. The van der Waals surface area contributed by atoms with Gasteiger partial charge in [0.15, 0.2) is 0 Å². The number of alkyl halides is 1. The van der Waals surface area contributed by atoms with E-state index in [4.69, 9.17) is 21.3 Å². The van der Waals surface area contributed by atoms with Crippen LogP contribution in [0.15, 0.2) is 18.2 Å². The van der Waals surface area contributed by atoms with Gasteiger partial charge in [-0.2, -0.15) is 0 Å². The summed E-state index contributed by atoms with van der Waals surface area (Å²) >= 11 is 5.89. The van der Waals surface area contributed by atoms with Crippen molar-refractivity contribution >= 4 is 22.6 Å².